The Hall–Kier alpha value is -1.82. The number of methoxy groups -OCH3 is 1. The van der Waals surface area contributed by atoms with E-state index in [-0.39, 0.29) is 5.95 Å². The fourth-order valence-corrected chi connectivity index (χ4v) is 2.79. The van der Waals surface area contributed by atoms with Gasteiger partial charge in [-0.25, -0.2) is 4.79 Å². The van der Waals surface area contributed by atoms with Gasteiger partial charge in [-0.05, 0) is 31.5 Å². The van der Waals surface area contributed by atoms with Crippen molar-refractivity contribution in [2.75, 3.05) is 7.11 Å². The van der Waals surface area contributed by atoms with Gasteiger partial charge in [0.1, 0.15) is 11.4 Å². The van der Waals surface area contributed by atoms with Gasteiger partial charge in [0.2, 0.25) is 0 Å². The van der Waals surface area contributed by atoms with Crippen LogP contribution in [0.2, 0.25) is 0 Å². The lowest BCUT2D eigenvalue weighted by atomic mass is 10.1. The number of ether oxygens (including phenoxy) is 1. The van der Waals surface area contributed by atoms with Crippen LogP contribution >= 0.6 is 11.8 Å². The average molecular weight is 295 g/mol. The van der Waals surface area contributed by atoms with Crippen molar-refractivity contribution >= 4 is 11.8 Å². The number of aromatic hydroxyl groups is 1. The minimum atomic E-state index is -0.643. The zero-order chi connectivity index (χ0) is 14.8. The van der Waals surface area contributed by atoms with Crippen LogP contribution in [0, 0.1) is 0 Å². The van der Waals surface area contributed by atoms with E-state index in [9.17, 15) is 9.90 Å². The first kappa shape index (κ1) is 14.6. The molecule has 0 fully saturated rings. The van der Waals surface area contributed by atoms with Gasteiger partial charge in [-0.3, -0.25) is 4.98 Å². The van der Waals surface area contributed by atoms with E-state index >= 15 is 0 Å². The molecule has 0 radical (unpaired) electrons. The Bertz CT molecular complexity index is 627. The first-order valence-corrected chi connectivity index (χ1v) is 7.10. The Labute approximate surface area is 121 Å². The first-order valence-electron chi connectivity index (χ1n) is 6.12. The molecule has 0 saturated carbocycles. The summed E-state index contributed by atoms with van der Waals surface area (Å²) in [6.45, 7) is 3.84. The molecule has 0 atom stereocenters. The predicted octanol–water partition coefficient (Wildman–Crippen LogP) is 2.85. The van der Waals surface area contributed by atoms with Crippen molar-refractivity contribution in [3.8, 4) is 11.7 Å². The van der Waals surface area contributed by atoms with Gasteiger partial charge in [0.15, 0.2) is 0 Å². The van der Waals surface area contributed by atoms with Gasteiger partial charge in [0.05, 0.1) is 11.9 Å². The number of nitrogens with one attached hydrogen (secondary N) is 1. The molecule has 0 aliphatic carbocycles. The molecule has 0 aliphatic heterocycles. The SMILES string of the molecule is COc1ccc(CSC(C)(C)c2[nH]c(=O)oc2O)cc1. The van der Waals surface area contributed by atoms with Gasteiger partial charge < -0.3 is 14.3 Å². The summed E-state index contributed by atoms with van der Waals surface area (Å²) in [5.41, 5.74) is 1.54. The Morgan fingerprint density at radius 2 is 2.00 bits per heavy atom. The normalized spacial score (nSPS) is 11.6. The minimum Gasteiger partial charge on any atom is -0.497 e. The molecular formula is C14H17NO4S. The maximum Gasteiger partial charge on any atom is 0.419 e. The van der Waals surface area contributed by atoms with Crippen LogP contribution in [-0.2, 0) is 10.5 Å². The number of aromatic nitrogens is 1. The van der Waals surface area contributed by atoms with Crippen molar-refractivity contribution in [2.45, 2.75) is 24.3 Å². The number of hydrogen-bond acceptors (Lipinski definition) is 5. The summed E-state index contributed by atoms with van der Waals surface area (Å²) in [4.78, 5) is 13.6. The van der Waals surface area contributed by atoms with Gasteiger partial charge >= 0.3 is 11.7 Å². The molecule has 0 spiro atoms. The Morgan fingerprint density at radius 3 is 2.50 bits per heavy atom. The molecule has 0 amide bonds. The quantitative estimate of drug-likeness (QED) is 0.887. The molecule has 0 aliphatic rings. The number of oxazole rings is 1. The van der Waals surface area contributed by atoms with E-state index in [1.54, 1.807) is 18.9 Å². The zero-order valence-electron chi connectivity index (χ0n) is 11.6. The smallest absolute Gasteiger partial charge is 0.419 e. The van der Waals surface area contributed by atoms with Crippen LogP contribution in [0.5, 0.6) is 11.7 Å². The number of aromatic amines is 1. The highest BCUT2D eigenvalue weighted by Gasteiger charge is 2.28. The van der Waals surface area contributed by atoms with Crippen molar-refractivity contribution in [1.82, 2.24) is 4.98 Å². The van der Waals surface area contributed by atoms with E-state index in [1.807, 2.05) is 38.1 Å². The van der Waals surface area contributed by atoms with Gasteiger partial charge in [-0.1, -0.05) is 12.1 Å². The summed E-state index contributed by atoms with van der Waals surface area (Å²) in [5, 5.41) is 9.60. The lowest BCUT2D eigenvalue weighted by Crippen LogP contribution is -2.15. The number of thioether (sulfide) groups is 1. The van der Waals surface area contributed by atoms with E-state index in [2.05, 4.69) is 9.40 Å². The van der Waals surface area contributed by atoms with E-state index in [1.165, 1.54) is 0 Å². The number of hydrogen-bond donors (Lipinski definition) is 2. The minimum absolute atomic E-state index is 0.345. The van der Waals surface area contributed by atoms with Gasteiger partial charge in [0, 0.05) is 5.75 Å². The van der Waals surface area contributed by atoms with E-state index in [4.69, 9.17) is 4.74 Å². The molecule has 2 N–H and O–H groups in total. The molecule has 20 heavy (non-hydrogen) atoms. The Kier molecular flexibility index (Phi) is 4.13. The Balaban J connectivity index is 2.08. The second kappa shape index (κ2) is 5.66. The molecule has 108 valence electrons. The fourth-order valence-electron chi connectivity index (χ4n) is 1.79. The summed E-state index contributed by atoms with van der Waals surface area (Å²) in [6, 6.07) is 7.78. The molecule has 1 aromatic heterocycles. The molecular weight excluding hydrogens is 278 g/mol. The maximum atomic E-state index is 11.1. The zero-order valence-corrected chi connectivity index (χ0v) is 12.4. The predicted molar refractivity (Wildman–Crippen MR) is 78.3 cm³/mol. The van der Waals surface area contributed by atoms with Crippen LogP contribution in [0.1, 0.15) is 25.1 Å². The third kappa shape index (κ3) is 3.19. The van der Waals surface area contributed by atoms with Crippen molar-refractivity contribution in [1.29, 1.82) is 0 Å². The monoisotopic (exact) mass is 295 g/mol. The number of benzene rings is 1. The van der Waals surface area contributed by atoms with Crippen LogP contribution in [0.4, 0.5) is 0 Å². The Morgan fingerprint density at radius 1 is 1.35 bits per heavy atom. The molecule has 6 heteroatoms. The number of rotatable bonds is 5. The average Bonchev–Trinajstić information content (AvgIpc) is 2.77. The third-order valence-corrected chi connectivity index (χ3v) is 4.39. The van der Waals surface area contributed by atoms with Gasteiger partial charge in [-0.2, -0.15) is 0 Å². The van der Waals surface area contributed by atoms with E-state index < -0.39 is 10.5 Å². The molecule has 0 saturated heterocycles. The standard InChI is InChI=1S/C14H17NO4S/c1-14(2,11-12(16)19-13(17)15-11)20-8-9-4-6-10(18-3)7-5-9/h4-7,16H,8H2,1-3H3,(H,15,17). The summed E-state index contributed by atoms with van der Waals surface area (Å²) >= 11 is 1.59. The van der Waals surface area contributed by atoms with Crippen LogP contribution < -0.4 is 10.5 Å². The highest BCUT2D eigenvalue weighted by Crippen LogP contribution is 2.40. The fraction of sp³-hybridized carbons (Fsp3) is 0.357. The molecule has 2 aromatic rings. The molecule has 2 rings (SSSR count). The molecule has 1 heterocycles. The third-order valence-electron chi connectivity index (χ3n) is 2.99. The van der Waals surface area contributed by atoms with Crippen LogP contribution in [-0.4, -0.2) is 17.2 Å². The molecule has 1 aromatic carbocycles. The maximum absolute atomic E-state index is 11.1. The van der Waals surface area contributed by atoms with Crippen LogP contribution in [0.3, 0.4) is 0 Å². The van der Waals surface area contributed by atoms with Crippen molar-refractivity contribution in [3.63, 3.8) is 0 Å². The topological polar surface area (TPSA) is 75.5 Å². The molecule has 0 unspecified atom stereocenters. The van der Waals surface area contributed by atoms with E-state index in [0.29, 0.717) is 5.69 Å². The number of H-pyrrole nitrogens is 1. The van der Waals surface area contributed by atoms with Crippen molar-refractivity contribution in [3.05, 3.63) is 46.1 Å². The second-order valence-electron chi connectivity index (χ2n) is 4.84. The van der Waals surface area contributed by atoms with E-state index in [0.717, 1.165) is 17.1 Å². The second-order valence-corrected chi connectivity index (χ2v) is 6.44. The summed E-state index contributed by atoms with van der Waals surface area (Å²) in [6.07, 6.45) is 0. The van der Waals surface area contributed by atoms with Crippen LogP contribution in [0.15, 0.2) is 33.5 Å². The first-order chi connectivity index (χ1) is 9.42. The summed E-state index contributed by atoms with van der Waals surface area (Å²) < 4.78 is 9.25. The lowest BCUT2D eigenvalue weighted by molar-refractivity contribution is 0.313. The summed E-state index contributed by atoms with van der Waals surface area (Å²) in [5.74, 6) is 0.566. The lowest BCUT2D eigenvalue weighted by Gasteiger charge is -2.21. The van der Waals surface area contributed by atoms with Crippen LogP contribution in [0.25, 0.3) is 0 Å². The van der Waals surface area contributed by atoms with Crippen molar-refractivity contribution < 1.29 is 14.3 Å². The van der Waals surface area contributed by atoms with Crippen molar-refractivity contribution in [2.24, 2.45) is 0 Å². The van der Waals surface area contributed by atoms with Gasteiger partial charge in [-0.15, -0.1) is 11.8 Å². The highest BCUT2D eigenvalue weighted by atomic mass is 32.2. The molecule has 5 nitrogen and oxygen atoms in total. The highest BCUT2D eigenvalue weighted by molar-refractivity contribution is 7.99. The molecule has 0 bridgehead atoms. The largest absolute Gasteiger partial charge is 0.497 e. The van der Waals surface area contributed by atoms with Gasteiger partial charge in [0.25, 0.3) is 0 Å². The summed E-state index contributed by atoms with van der Waals surface area (Å²) in [7, 11) is 1.63.